The van der Waals surface area contributed by atoms with Crippen LogP contribution in [0.4, 0.5) is 0 Å². The zero-order valence-electron chi connectivity index (χ0n) is 13.1. The first-order valence-corrected chi connectivity index (χ1v) is 7.81. The molecule has 1 aliphatic rings. The normalized spacial score (nSPS) is 16.9. The van der Waals surface area contributed by atoms with Crippen LogP contribution in [0, 0.1) is 13.8 Å². The van der Waals surface area contributed by atoms with Crippen LogP contribution in [-0.2, 0) is 6.42 Å². The summed E-state index contributed by atoms with van der Waals surface area (Å²) in [6.45, 7) is 5.61. The van der Waals surface area contributed by atoms with Crippen molar-refractivity contribution in [3.63, 3.8) is 0 Å². The topological polar surface area (TPSA) is 41.1 Å². The zero-order valence-corrected chi connectivity index (χ0v) is 13.1. The van der Waals surface area contributed by atoms with Crippen LogP contribution in [0.2, 0.25) is 0 Å². The van der Waals surface area contributed by atoms with Crippen LogP contribution in [0.1, 0.15) is 38.7 Å². The van der Waals surface area contributed by atoms with E-state index in [1.807, 2.05) is 26.0 Å². The molecule has 0 radical (unpaired) electrons. The maximum Gasteiger partial charge on any atom is 0.251 e. The van der Waals surface area contributed by atoms with Crippen molar-refractivity contribution in [2.45, 2.75) is 26.3 Å². The monoisotopic (exact) mass is 294 g/mol. The molecule has 0 saturated heterocycles. The predicted molar refractivity (Wildman–Crippen MR) is 89.1 cm³/mol. The van der Waals surface area contributed by atoms with E-state index in [0.717, 1.165) is 29.7 Å². The minimum absolute atomic E-state index is 0.00310. The SMILES string of the molecule is Cc1cc(C)cc(C(=O)NCC2NCCc3ccccc32)c1. The van der Waals surface area contributed by atoms with Crippen molar-refractivity contribution in [2.24, 2.45) is 0 Å². The van der Waals surface area contributed by atoms with Gasteiger partial charge in [-0.3, -0.25) is 4.79 Å². The molecule has 114 valence electrons. The fourth-order valence-corrected chi connectivity index (χ4v) is 3.18. The van der Waals surface area contributed by atoms with Crippen LogP contribution in [-0.4, -0.2) is 19.0 Å². The van der Waals surface area contributed by atoms with Crippen molar-refractivity contribution in [3.05, 3.63) is 70.3 Å². The Hall–Kier alpha value is -2.13. The van der Waals surface area contributed by atoms with Crippen LogP contribution >= 0.6 is 0 Å². The molecular weight excluding hydrogens is 272 g/mol. The second-order valence-electron chi connectivity index (χ2n) is 6.04. The average Bonchev–Trinajstić information content (AvgIpc) is 2.51. The lowest BCUT2D eigenvalue weighted by Gasteiger charge is -2.27. The Bertz CT molecular complexity index is 673. The highest BCUT2D eigenvalue weighted by Crippen LogP contribution is 2.22. The van der Waals surface area contributed by atoms with Crippen molar-refractivity contribution >= 4 is 5.91 Å². The minimum Gasteiger partial charge on any atom is -0.350 e. The summed E-state index contributed by atoms with van der Waals surface area (Å²) in [5.41, 5.74) is 5.65. The molecule has 22 heavy (non-hydrogen) atoms. The summed E-state index contributed by atoms with van der Waals surface area (Å²) in [6, 6.07) is 14.6. The Balaban J connectivity index is 1.69. The molecule has 0 bridgehead atoms. The largest absolute Gasteiger partial charge is 0.350 e. The van der Waals surface area contributed by atoms with Crippen molar-refractivity contribution in [3.8, 4) is 0 Å². The fourth-order valence-electron chi connectivity index (χ4n) is 3.18. The van der Waals surface area contributed by atoms with E-state index >= 15 is 0 Å². The van der Waals surface area contributed by atoms with Gasteiger partial charge in [0.25, 0.3) is 5.91 Å². The smallest absolute Gasteiger partial charge is 0.251 e. The Morgan fingerprint density at radius 1 is 1.18 bits per heavy atom. The summed E-state index contributed by atoms with van der Waals surface area (Å²) in [7, 11) is 0. The number of hydrogen-bond acceptors (Lipinski definition) is 2. The molecule has 3 nitrogen and oxygen atoms in total. The molecule has 3 heteroatoms. The molecule has 0 spiro atoms. The van der Waals surface area contributed by atoms with Gasteiger partial charge in [-0.05, 0) is 50.1 Å². The fraction of sp³-hybridized carbons (Fsp3) is 0.316. The van der Waals surface area contributed by atoms with Gasteiger partial charge >= 0.3 is 0 Å². The maximum absolute atomic E-state index is 12.4. The van der Waals surface area contributed by atoms with E-state index in [1.54, 1.807) is 0 Å². The van der Waals surface area contributed by atoms with Crippen molar-refractivity contribution < 1.29 is 4.79 Å². The summed E-state index contributed by atoms with van der Waals surface area (Å²) in [4.78, 5) is 12.4. The quantitative estimate of drug-likeness (QED) is 0.914. The number of carbonyl (C=O) groups is 1. The van der Waals surface area contributed by atoms with Gasteiger partial charge in [0, 0.05) is 18.2 Å². The Labute approximate surface area is 131 Å². The number of amides is 1. The van der Waals surface area contributed by atoms with Gasteiger partial charge in [0.15, 0.2) is 0 Å². The minimum atomic E-state index is -0.00310. The number of benzene rings is 2. The zero-order chi connectivity index (χ0) is 15.5. The Morgan fingerprint density at radius 3 is 2.68 bits per heavy atom. The number of aryl methyl sites for hydroxylation is 2. The van der Waals surface area contributed by atoms with Crippen molar-refractivity contribution in [1.82, 2.24) is 10.6 Å². The highest BCUT2D eigenvalue weighted by molar-refractivity contribution is 5.94. The van der Waals surface area contributed by atoms with Gasteiger partial charge in [0.1, 0.15) is 0 Å². The second-order valence-corrected chi connectivity index (χ2v) is 6.04. The standard InChI is InChI=1S/C19H22N2O/c1-13-9-14(2)11-16(10-13)19(22)21-12-18-17-6-4-3-5-15(17)7-8-20-18/h3-6,9-11,18,20H,7-8,12H2,1-2H3,(H,21,22). The first-order valence-electron chi connectivity index (χ1n) is 7.81. The lowest BCUT2D eigenvalue weighted by molar-refractivity contribution is 0.0949. The Kier molecular flexibility index (Phi) is 4.25. The van der Waals surface area contributed by atoms with E-state index in [4.69, 9.17) is 0 Å². The second kappa shape index (κ2) is 6.32. The summed E-state index contributed by atoms with van der Waals surface area (Å²) in [5.74, 6) is -0.00310. The highest BCUT2D eigenvalue weighted by atomic mass is 16.1. The summed E-state index contributed by atoms with van der Waals surface area (Å²) >= 11 is 0. The lowest BCUT2D eigenvalue weighted by atomic mass is 9.94. The average molecular weight is 294 g/mol. The first-order chi connectivity index (χ1) is 10.6. The summed E-state index contributed by atoms with van der Waals surface area (Å²) in [5, 5.41) is 6.55. The van der Waals surface area contributed by atoms with E-state index < -0.39 is 0 Å². The molecule has 2 N–H and O–H groups in total. The summed E-state index contributed by atoms with van der Waals surface area (Å²) < 4.78 is 0. The summed E-state index contributed by atoms with van der Waals surface area (Å²) in [6.07, 6.45) is 1.05. The molecule has 1 amide bonds. The third-order valence-electron chi connectivity index (χ3n) is 4.17. The molecule has 0 aliphatic carbocycles. The van der Waals surface area contributed by atoms with Crippen molar-refractivity contribution in [1.29, 1.82) is 0 Å². The molecule has 1 aliphatic heterocycles. The van der Waals surface area contributed by atoms with Crippen molar-refractivity contribution in [2.75, 3.05) is 13.1 Å². The molecule has 1 heterocycles. The van der Waals surface area contributed by atoms with E-state index in [2.05, 4.69) is 41.0 Å². The Morgan fingerprint density at radius 2 is 1.91 bits per heavy atom. The van der Waals surface area contributed by atoms with E-state index in [0.29, 0.717) is 6.54 Å². The molecule has 0 saturated carbocycles. The first kappa shape index (κ1) is 14.8. The maximum atomic E-state index is 12.4. The van der Waals surface area contributed by atoms with E-state index in [1.165, 1.54) is 11.1 Å². The molecule has 0 fully saturated rings. The number of hydrogen-bond donors (Lipinski definition) is 2. The molecule has 2 aromatic rings. The molecule has 0 aromatic heterocycles. The van der Waals surface area contributed by atoms with Gasteiger partial charge in [0.2, 0.25) is 0 Å². The lowest BCUT2D eigenvalue weighted by Crippen LogP contribution is -2.38. The van der Waals surface area contributed by atoms with Gasteiger partial charge in [-0.25, -0.2) is 0 Å². The van der Waals surface area contributed by atoms with Gasteiger partial charge in [-0.1, -0.05) is 41.5 Å². The van der Waals surface area contributed by atoms with Gasteiger partial charge in [0.05, 0.1) is 0 Å². The van der Waals surface area contributed by atoms with Crippen LogP contribution in [0.3, 0.4) is 0 Å². The molecule has 1 atom stereocenters. The van der Waals surface area contributed by atoms with Crippen LogP contribution in [0.5, 0.6) is 0 Å². The van der Waals surface area contributed by atoms with Gasteiger partial charge in [-0.15, -0.1) is 0 Å². The molecular formula is C19H22N2O. The number of rotatable bonds is 3. The van der Waals surface area contributed by atoms with Crippen LogP contribution in [0.15, 0.2) is 42.5 Å². The highest BCUT2D eigenvalue weighted by Gasteiger charge is 2.19. The third kappa shape index (κ3) is 3.20. The molecule has 2 aromatic carbocycles. The molecule has 1 unspecified atom stereocenters. The van der Waals surface area contributed by atoms with E-state index in [-0.39, 0.29) is 11.9 Å². The number of carbonyl (C=O) groups excluding carboxylic acids is 1. The van der Waals surface area contributed by atoms with E-state index in [9.17, 15) is 4.79 Å². The third-order valence-corrected chi connectivity index (χ3v) is 4.17. The van der Waals surface area contributed by atoms with Gasteiger partial charge in [-0.2, -0.15) is 0 Å². The van der Waals surface area contributed by atoms with Crippen LogP contribution in [0.25, 0.3) is 0 Å². The van der Waals surface area contributed by atoms with Crippen LogP contribution < -0.4 is 10.6 Å². The number of nitrogens with one attached hydrogen (secondary N) is 2. The van der Waals surface area contributed by atoms with Gasteiger partial charge < -0.3 is 10.6 Å². The molecule has 3 rings (SSSR count). The number of fused-ring (bicyclic) bond motifs is 1. The predicted octanol–water partition coefficient (Wildman–Crippen LogP) is 2.92.